The molecular formula is C12H21O2. The van der Waals surface area contributed by atoms with E-state index < -0.39 is 0 Å². The van der Waals surface area contributed by atoms with Gasteiger partial charge < -0.3 is 9.47 Å². The van der Waals surface area contributed by atoms with E-state index >= 15 is 0 Å². The van der Waals surface area contributed by atoms with E-state index in [-0.39, 0.29) is 0 Å². The van der Waals surface area contributed by atoms with Crippen LogP contribution in [0, 0.1) is 6.42 Å². The Balaban J connectivity index is 1.25. The highest BCUT2D eigenvalue weighted by Crippen LogP contribution is 2.19. The maximum Gasteiger partial charge on any atom is 0.0810 e. The van der Waals surface area contributed by atoms with Gasteiger partial charge in [0, 0.05) is 0 Å². The zero-order chi connectivity index (χ0) is 9.64. The maximum absolute atomic E-state index is 5.16. The SMILES string of the molecule is [CH](CCCCC1CO1)CCCC1CO1. The Labute approximate surface area is 87.0 Å². The van der Waals surface area contributed by atoms with Gasteiger partial charge >= 0.3 is 0 Å². The fourth-order valence-corrected chi connectivity index (χ4v) is 1.76. The zero-order valence-electron chi connectivity index (χ0n) is 8.91. The van der Waals surface area contributed by atoms with Crippen molar-refractivity contribution in [3.63, 3.8) is 0 Å². The van der Waals surface area contributed by atoms with E-state index in [4.69, 9.17) is 9.47 Å². The molecule has 2 fully saturated rings. The van der Waals surface area contributed by atoms with Crippen LogP contribution in [-0.4, -0.2) is 25.4 Å². The van der Waals surface area contributed by atoms with Crippen LogP contribution >= 0.6 is 0 Å². The van der Waals surface area contributed by atoms with E-state index in [9.17, 15) is 0 Å². The summed E-state index contributed by atoms with van der Waals surface area (Å²) in [5.74, 6) is 0. The number of rotatable bonds is 9. The highest BCUT2D eigenvalue weighted by molar-refractivity contribution is 4.73. The fraction of sp³-hybridized carbons (Fsp3) is 0.917. The van der Waals surface area contributed by atoms with Gasteiger partial charge in [-0.1, -0.05) is 32.1 Å². The summed E-state index contributed by atoms with van der Waals surface area (Å²) in [6.07, 6.45) is 12.8. The highest BCUT2D eigenvalue weighted by atomic mass is 16.6. The molecule has 2 heterocycles. The van der Waals surface area contributed by atoms with E-state index in [2.05, 4.69) is 6.42 Å². The van der Waals surface area contributed by atoms with Crippen molar-refractivity contribution >= 4 is 0 Å². The van der Waals surface area contributed by atoms with Crippen molar-refractivity contribution in [1.29, 1.82) is 0 Å². The second-order valence-electron chi connectivity index (χ2n) is 4.41. The van der Waals surface area contributed by atoms with Gasteiger partial charge in [-0.05, 0) is 19.3 Å². The molecule has 0 bridgehead atoms. The summed E-state index contributed by atoms with van der Waals surface area (Å²) in [5, 5.41) is 0. The Kier molecular flexibility index (Phi) is 4.26. The van der Waals surface area contributed by atoms with Crippen molar-refractivity contribution in [2.75, 3.05) is 13.2 Å². The molecule has 2 atom stereocenters. The molecule has 2 unspecified atom stereocenters. The van der Waals surface area contributed by atoms with Crippen LogP contribution in [0.5, 0.6) is 0 Å². The lowest BCUT2D eigenvalue weighted by atomic mass is 10.1. The van der Waals surface area contributed by atoms with Gasteiger partial charge in [0.15, 0.2) is 0 Å². The number of hydrogen-bond donors (Lipinski definition) is 0. The van der Waals surface area contributed by atoms with Crippen molar-refractivity contribution in [3.05, 3.63) is 6.42 Å². The molecule has 2 rings (SSSR count). The molecule has 14 heavy (non-hydrogen) atoms. The Bertz CT molecular complexity index is 132. The van der Waals surface area contributed by atoms with E-state index in [1.54, 1.807) is 0 Å². The lowest BCUT2D eigenvalue weighted by Gasteiger charge is -1.99. The normalized spacial score (nSPS) is 29.1. The van der Waals surface area contributed by atoms with Crippen molar-refractivity contribution < 1.29 is 9.47 Å². The summed E-state index contributed by atoms with van der Waals surface area (Å²) in [6, 6.07) is 0. The first-order valence-corrected chi connectivity index (χ1v) is 6.00. The van der Waals surface area contributed by atoms with Gasteiger partial charge in [0.2, 0.25) is 0 Å². The zero-order valence-corrected chi connectivity index (χ0v) is 8.91. The van der Waals surface area contributed by atoms with Gasteiger partial charge in [0.25, 0.3) is 0 Å². The van der Waals surface area contributed by atoms with Gasteiger partial charge in [0.1, 0.15) is 0 Å². The molecule has 0 aliphatic carbocycles. The molecule has 0 aromatic heterocycles. The quantitative estimate of drug-likeness (QED) is 0.419. The number of unbranched alkanes of at least 4 members (excludes halogenated alkanes) is 5. The lowest BCUT2D eigenvalue weighted by molar-refractivity contribution is 0.387. The molecule has 0 amide bonds. The standard InChI is InChI=1S/C12H21O2/c1(3-5-7-11-9-13-11)2-4-6-8-12-10-14-12/h1,11-12H,2-10H2. The molecule has 81 valence electrons. The van der Waals surface area contributed by atoms with Crippen LogP contribution in [0.25, 0.3) is 0 Å². The molecule has 0 spiro atoms. The van der Waals surface area contributed by atoms with E-state index in [0.717, 1.165) is 13.2 Å². The molecule has 0 aromatic rings. The second kappa shape index (κ2) is 5.72. The Morgan fingerprint density at radius 2 is 1.43 bits per heavy atom. The summed E-state index contributed by atoms with van der Waals surface area (Å²) in [4.78, 5) is 0. The van der Waals surface area contributed by atoms with Crippen LogP contribution in [0.15, 0.2) is 0 Å². The summed E-state index contributed by atoms with van der Waals surface area (Å²) in [7, 11) is 0. The molecule has 2 heteroatoms. The highest BCUT2D eigenvalue weighted by Gasteiger charge is 2.21. The Hall–Kier alpha value is -0.0800. The minimum absolute atomic E-state index is 0.621. The summed E-state index contributed by atoms with van der Waals surface area (Å²) >= 11 is 0. The first-order chi connectivity index (χ1) is 6.95. The maximum atomic E-state index is 5.16. The molecule has 0 saturated carbocycles. The molecule has 2 saturated heterocycles. The molecule has 2 nitrogen and oxygen atoms in total. The molecular weight excluding hydrogens is 176 g/mol. The fourth-order valence-electron chi connectivity index (χ4n) is 1.76. The average molecular weight is 197 g/mol. The number of ether oxygens (including phenoxy) is 2. The minimum Gasteiger partial charge on any atom is -0.373 e. The second-order valence-corrected chi connectivity index (χ2v) is 4.41. The number of epoxide rings is 2. The topological polar surface area (TPSA) is 25.1 Å². The van der Waals surface area contributed by atoms with Crippen molar-refractivity contribution in [3.8, 4) is 0 Å². The average Bonchev–Trinajstić information content (AvgIpc) is 3.00. The van der Waals surface area contributed by atoms with E-state index in [0.29, 0.717) is 12.2 Å². The molecule has 0 aromatic carbocycles. The van der Waals surface area contributed by atoms with Crippen LogP contribution in [0.1, 0.15) is 44.9 Å². The van der Waals surface area contributed by atoms with Crippen LogP contribution in [0.4, 0.5) is 0 Å². The van der Waals surface area contributed by atoms with E-state index in [1.807, 2.05) is 0 Å². The first kappa shape index (κ1) is 10.4. The molecule has 1 radical (unpaired) electrons. The molecule has 0 N–H and O–H groups in total. The molecule has 2 aliphatic rings. The van der Waals surface area contributed by atoms with Gasteiger partial charge in [-0.2, -0.15) is 0 Å². The van der Waals surface area contributed by atoms with Crippen LogP contribution < -0.4 is 0 Å². The van der Waals surface area contributed by atoms with Crippen LogP contribution in [0.3, 0.4) is 0 Å². The van der Waals surface area contributed by atoms with Gasteiger partial charge in [-0.15, -0.1) is 0 Å². The Morgan fingerprint density at radius 1 is 0.857 bits per heavy atom. The summed E-state index contributed by atoms with van der Waals surface area (Å²) in [5.41, 5.74) is 0. The van der Waals surface area contributed by atoms with E-state index in [1.165, 1.54) is 44.9 Å². The third-order valence-corrected chi connectivity index (χ3v) is 2.92. The smallest absolute Gasteiger partial charge is 0.0810 e. The predicted octanol–water partition coefficient (Wildman–Crippen LogP) is 2.72. The van der Waals surface area contributed by atoms with Crippen LogP contribution in [-0.2, 0) is 9.47 Å². The van der Waals surface area contributed by atoms with Gasteiger partial charge in [0.05, 0.1) is 25.4 Å². The minimum atomic E-state index is 0.621. The third-order valence-electron chi connectivity index (χ3n) is 2.92. The molecule has 2 aliphatic heterocycles. The number of hydrogen-bond acceptors (Lipinski definition) is 2. The third kappa shape index (κ3) is 4.97. The van der Waals surface area contributed by atoms with Gasteiger partial charge in [-0.25, -0.2) is 0 Å². The Morgan fingerprint density at radius 3 is 2.07 bits per heavy atom. The van der Waals surface area contributed by atoms with Crippen molar-refractivity contribution in [2.24, 2.45) is 0 Å². The van der Waals surface area contributed by atoms with Crippen molar-refractivity contribution in [2.45, 2.75) is 57.2 Å². The summed E-state index contributed by atoms with van der Waals surface area (Å²) in [6.45, 7) is 2.03. The summed E-state index contributed by atoms with van der Waals surface area (Å²) < 4.78 is 10.3. The van der Waals surface area contributed by atoms with Gasteiger partial charge in [-0.3, -0.25) is 0 Å². The predicted molar refractivity (Wildman–Crippen MR) is 56.1 cm³/mol. The largest absolute Gasteiger partial charge is 0.373 e. The van der Waals surface area contributed by atoms with Crippen LogP contribution in [0.2, 0.25) is 0 Å². The monoisotopic (exact) mass is 197 g/mol. The lowest BCUT2D eigenvalue weighted by Crippen LogP contribution is -1.88. The van der Waals surface area contributed by atoms with Crippen molar-refractivity contribution in [1.82, 2.24) is 0 Å². The first-order valence-electron chi connectivity index (χ1n) is 6.00.